The summed E-state index contributed by atoms with van der Waals surface area (Å²) in [6, 6.07) is 0. The van der Waals surface area contributed by atoms with Crippen molar-refractivity contribution in [3.63, 3.8) is 0 Å². The SMILES string of the molecule is C[C@@]1(O)CS[C@](C)(O)CS1. The third-order valence-electron chi connectivity index (χ3n) is 1.30. The number of aliphatic hydroxyl groups is 2. The van der Waals surface area contributed by atoms with Crippen LogP contribution in [0.2, 0.25) is 0 Å². The Morgan fingerprint density at radius 2 is 1.30 bits per heavy atom. The van der Waals surface area contributed by atoms with Gasteiger partial charge < -0.3 is 10.2 Å². The molecule has 2 nitrogen and oxygen atoms in total. The Hall–Kier alpha value is 0.620. The highest BCUT2D eigenvalue weighted by Crippen LogP contribution is 2.40. The minimum absolute atomic E-state index is 0.602. The monoisotopic (exact) mass is 180 g/mol. The van der Waals surface area contributed by atoms with Crippen molar-refractivity contribution in [2.45, 2.75) is 23.7 Å². The van der Waals surface area contributed by atoms with Crippen LogP contribution in [0.25, 0.3) is 0 Å². The molecule has 0 radical (unpaired) electrons. The lowest BCUT2D eigenvalue weighted by Crippen LogP contribution is -2.37. The number of rotatable bonds is 0. The first-order valence-electron chi connectivity index (χ1n) is 3.14. The largest absolute Gasteiger partial charge is 0.379 e. The van der Waals surface area contributed by atoms with Gasteiger partial charge >= 0.3 is 0 Å². The van der Waals surface area contributed by atoms with E-state index in [9.17, 15) is 10.2 Å². The molecule has 0 spiro atoms. The maximum atomic E-state index is 9.44. The Kier molecular flexibility index (Phi) is 2.26. The van der Waals surface area contributed by atoms with E-state index in [0.717, 1.165) is 0 Å². The van der Waals surface area contributed by atoms with Gasteiger partial charge in [0.1, 0.15) is 9.87 Å². The molecule has 4 heteroatoms. The van der Waals surface area contributed by atoms with Crippen LogP contribution in [0.4, 0.5) is 0 Å². The molecule has 2 N–H and O–H groups in total. The molecule has 0 saturated carbocycles. The summed E-state index contributed by atoms with van der Waals surface area (Å²) in [6.07, 6.45) is 0. The summed E-state index contributed by atoms with van der Waals surface area (Å²) in [7, 11) is 0. The van der Waals surface area contributed by atoms with E-state index < -0.39 is 9.87 Å². The van der Waals surface area contributed by atoms with E-state index in [-0.39, 0.29) is 0 Å². The van der Waals surface area contributed by atoms with Crippen molar-refractivity contribution >= 4 is 23.5 Å². The van der Waals surface area contributed by atoms with Crippen LogP contribution < -0.4 is 0 Å². The Balaban J connectivity index is 2.46. The van der Waals surface area contributed by atoms with Gasteiger partial charge in [0.2, 0.25) is 0 Å². The maximum Gasteiger partial charge on any atom is 0.116 e. The molecule has 0 bridgehead atoms. The average molecular weight is 180 g/mol. The Morgan fingerprint density at radius 3 is 1.50 bits per heavy atom. The maximum absolute atomic E-state index is 9.44. The molecule has 0 aromatic carbocycles. The smallest absolute Gasteiger partial charge is 0.116 e. The summed E-state index contributed by atoms with van der Waals surface area (Å²) in [6.45, 7) is 3.56. The van der Waals surface area contributed by atoms with Crippen molar-refractivity contribution in [1.29, 1.82) is 0 Å². The summed E-state index contributed by atoms with van der Waals surface area (Å²) in [5.41, 5.74) is 0. The second-order valence-corrected chi connectivity index (χ2v) is 5.84. The van der Waals surface area contributed by atoms with E-state index in [1.165, 1.54) is 23.5 Å². The van der Waals surface area contributed by atoms with Gasteiger partial charge in [0, 0.05) is 11.5 Å². The number of hydrogen-bond acceptors (Lipinski definition) is 4. The molecule has 10 heavy (non-hydrogen) atoms. The highest BCUT2D eigenvalue weighted by Gasteiger charge is 2.35. The molecule has 0 unspecified atom stereocenters. The van der Waals surface area contributed by atoms with Gasteiger partial charge in [0.15, 0.2) is 0 Å². The van der Waals surface area contributed by atoms with Gasteiger partial charge in [-0.15, -0.1) is 23.5 Å². The molecule has 1 aliphatic rings. The van der Waals surface area contributed by atoms with Crippen molar-refractivity contribution in [2.75, 3.05) is 11.5 Å². The number of thioether (sulfide) groups is 2. The molecule has 0 aromatic heterocycles. The summed E-state index contributed by atoms with van der Waals surface area (Å²) in [5.74, 6) is 1.20. The predicted molar refractivity (Wildman–Crippen MR) is 46.2 cm³/mol. The van der Waals surface area contributed by atoms with E-state index >= 15 is 0 Å². The topological polar surface area (TPSA) is 40.5 Å². The summed E-state index contributed by atoms with van der Waals surface area (Å²) < 4.78 is 0. The minimum Gasteiger partial charge on any atom is -0.379 e. The van der Waals surface area contributed by atoms with Crippen LogP contribution in [0.5, 0.6) is 0 Å². The minimum atomic E-state index is -0.646. The highest BCUT2D eigenvalue weighted by atomic mass is 32.2. The van der Waals surface area contributed by atoms with Crippen LogP contribution in [-0.4, -0.2) is 31.6 Å². The zero-order chi connectivity index (χ0) is 7.83. The third kappa shape index (κ3) is 2.34. The van der Waals surface area contributed by atoms with Gasteiger partial charge in [-0.3, -0.25) is 0 Å². The van der Waals surface area contributed by atoms with E-state index in [4.69, 9.17) is 0 Å². The Morgan fingerprint density at radius 1 is 1.00 bits per heavy atom. The fraction of sp³-hybridized carbons (Fsp3) is 1.00. The van der Waals surface area contributed by atoms with Gasteiger partial charge in [0.05, 0.1) is 0 Å². The zero-order valence-corrected chi connectivity index (χ0v) is 7.76. The van der Waals surface area contributed by atoms with Gasteiger partial charge in [-0.25, -0.2) is 0 Å². The van der Waals surface area contributed by atoms with Gasteiger partial charge in [0.25, 0.3) is 0 Å². The average Bonchev–Trinajstić information content (AvgIpc) is 1.79. The first-order chi connectivity index (χ1) is 4.41. The lowest BCUT2D eigenvalue weighted by molar-refractivity contribution is 0.155. The van der Waals surface area contributed by atoms with Crippen LogP contribution in [0.15, 0.2) is 0 Å². The van der Waals surface area contributed by atoms with Crippen LogP contribution in [0, 0.1) is 0 Å². The van der Waals surface area contributed by atoms with Gasteiger partial charge in [-0.2, -0.15) is 0 Å². The molecular formula is C6H12O2S2. The quantitative estimate of drug-likeness (QED) is 0.580. The van der Waals surface area contributed by atoms with Crippen LogP contribution >= 0.6 is 23.5 Å². The molecule has 1 aliphatic heterocycles. The molecule has 1 heterocycles. The molecule has 1 rings (SSSR count). The zero-order valence-electron chi connectivity index (χ0n) is 6.13. The van der Waals surface area contributed by atoms with Crippen LogP contribution in [0.3, 0.4) is 0 Å². The van der Waals surface area contributed by atoms with Gasteiger partial charge in [-0.05, 0) is 13.8 Å². The lowest BCUT2D eigenvalue weighted by Gasteiger charge is -2.35. The second kappa shape index (κ2) is 2.59. The Bertz CT molecular complexity index is 106. The van der Waals surface area contributed by atoms with Crippen molar-refractivity contribution in [2.24, 2.45) is 0 Å². The predicted octanol–water partition coefficient (Wildman–Crippen LogP) is 0.883. The van der Waals surface area contributed by atoms with Crippen molar-refractivity contribution < 1.29 is 10.2 Å². The first kappa shape index (κ1) is 8.71. The molecular weight excluding hydrogens is 168 g/mol. The van der Waals surface area contributed by atoms with Crippen LogP contribution in [-0.2, 0) is 0 Å². The van der Waals surface area contributed by atoms with E-state index in [2.05, 4.69) is 0 Å². The van der Waals surface area contributed by atoms with Crippen molar-refractivity contribution in [3.8, 4) is 0 Å². The van der Waals surface area contributed by atoms with E-state index in [1.54, 1.807) is 13.8 Å². The molecule has 60 valence electrons. The normalized spacial score (nSPS) is 49.2. The lowest BCUT2D eigenvalue weighted by atomic mass is 10.4. The summed E-state index contributed by atoms with van der Waals surface area (Å²) >= 11 is 2.82. The van der Waals surface area contributed by atoms with Crippen molar-refractivity contribution in [3.05, 3.63) is 0 Å². The van der Waals surface area contributed by atoms with E-state index in [1.807, 2.05) is 0 Å². The van der Waals surface area contributed by atoms with Crippen molar-refractivity contribution in [1.82, 2.24) is 0 Å². The highest BCUT2D eigenvalue weighted by molar-refractivity contribution is 8.07. The fourth-order valence-corrected chi connectivity index (χ4v) is 2.84. The number of hydrogen-bond donors (Lipinski definition) is 2. The standard InChI is InChI=1S/C6H12O2S2/c1-5(7)3-10-6(2,8)4-9-5/h7-8H,3-4H2,1-2H3/t5-,6-/m0/s1. The Labute approximate surface area is 69.4 Å². The molecule has 1 fully saturated rings. The summed E-state index contributed by atoms with van der Waals surface area (Å²) in [4.78, 5) is -1.29. The van der Waals surface area contributed by atoms with Crippen LogP contribution in [0.1, 0.15) is 13.8 Å². The molecule has 0 aromatic rings. The van der Waals surface area contributed by atoms with E-state index in [0.29, 0.717) is 11.5 Å². The molecule has 2 atom stereocenters. The third-order valence-corrected chi connectivity index (χ3v) is 4.61. The molecule has 0 aliphatic carbocycles. The molecule has 1 saturated heterocycles. The fourth-order valence-electron chi connectivity index (χ4n) is 0.662. The van der Waals surface area contributed by atoms with Gasteiger partial charge in [-0.1, -0.05) is 0 Å². The summed E-state index contributed by atoms with van der Waals surface area (Å²) in [5, 5.41) is 18.9. The molecule has 0 amide bonds. The first-order valence-corrected chi connectivity index (χ1v) is 5.11. The second-order valence-electron chi connectivity index (χ2n) is 2.93.